The molecule has 11 heteroatoms. The van der Waals surface area contributed by atoms with Crippen LogP contribution >= 0.6 is 0 Å². The van der Waals surface area contributed by atoms with Gasteiger partial charge >= 0.3 is 6.03 Å². The Morgan fingerprint density at radius 1 is 0.830 bits per heavy atom. The molecular formula is C36H61N5O6. The summed E-state index contributed by atoms with van der Waals surface area (Å²) in [6.45, 7) is 12.0. The Bertz CT molecular complexity index is 1120. The maximum absolute atomic E-state index is 14.4. The van der Waals surface area contributed by atoms with E-state index in [0.717, 1.165) is 64.2 Å². The molecule has 5 atom stereocenters. The topological polar surface area (TPSA) is 154 Å². The predicted molar refractivity (Wildman–Crippen MR) is 181 cm³/mol. The van der Waals surface area contributed by atoms with Crippen molar-refractivity contribution < 1.29 is 28.8 Å². The van der Waals surface area contributed by atoms with Crippen molar-refractivity contribution in [2.24, 2.45) is 29.1 Å². The van der Waals surface area contributed by atoms with Gasteiger partial charge in [0.05, 0.1) is 12.1 Å². The van der Waals surface area contributed by atoms with Gasteiger partial charge in [0, 0.05) is 19.5 Å². The third-order valence-corrected chi connectivity index (χ3v) is 10.4. The van der Waals surface area contributed by atoms with Crippen LogP contribution in [0.2, 0.25) is 0 Å². The van der Waals surface area contributed by atoms with Crippen molar-refractivity contribution >= 4 is 35.3 Å². The third kappa shape index (κ3) is 10.5. The van der Waals surface area contributed by atoms with Gasteiger partial charge in [-0.2, -0.15) is 0 Å². The number of hydrogen-bond acceptors (Lipinski definition) is 6. The summed E-state index contributed by atoms with van der Waals surface area (Å²) in [5, 5.41) is 11.1. The molecule has 1 saturated heterocycles. The summed E-state index contributed by atoms with van der Waals surface area (Å²) in [6, 6.07) is -3.94. The number of rotatable bonds is 16. The lowest BCUT2D eigenvalue weighted by molar-refractivity contribution is -0.144. The Labute approximate surface area is 281 Å². The van der Waals surface area contributed by atoms with Crippen LogP contribution in [-0.4, -0.2) is 78.0 Å². The number of carbonyl (C=O) groups is 6. The van der Waals surface area contributed by atoms with E-state index in [1.807, 2.05) is 34.6 Å². The van der Waals surface area contributed by atoms with Crippen molar-refractivity contribution in [1.82, 2.24) is 26.2 Å². The Hall–Kier alpha value is -2.98. The Morgan fingerprint density at radius 3 is 2.04 bits per heavy atom. The molecule has 0 spiro atoms. The number of likely N-dealkylation sites (N-methyl/N-ethyl adjacent to an activating group) is 1. The van der Waals surface area contributed by atoms with Gasteiger partial charge in [-0.15, -0.1) is 0 Å². The van der Waals surface area contributed by atoms with Crippen LogP contribution in [0.4, 0.5) is 4.79 Å². The molecule has 4 N–H and O–H groups in total. The van der Waals surface area contributed by atoms with Gasteiger partial charge < -0.3 is 26.2 Å². The second-order valence-corrected chi connectivity index (χ2v) is 15.5. The molecule has 47 heavy (non-hydrogen) atoms. The van der Waals surface area contributed by atoms with E-state index in [-0.39, 0.29) is 35.4 Å². The summed E-state index contributed by atoms with van der Waals surface area (Å²) in [6.07, 6.45) is 11.2. The van der Waals surface area contributed by atoms with Crippen LogP contribution in [0.5, 0.6) is 0 Å². The number of unbranched alkanes of at least 4 members (excludes halogenated alkanes) is 3. The summed E-state index contributed by atoms with van der Waals surface area (Å²) in [4.78, 5) is 82.1. The Morgan fingerprint density at radius 2 is 1.49 bits per heavy atom. The first-order valence-corrected chi connectivity index (χ1v) is 18.2. The molecule has 1 heterocycles. The molecule has 0 radical (unpaired) electrons. The monoisotopic (exact) mass is 659 g/mol. The molecule has 2 saturated carbocycles. The van der Waals surface area contributed by atoms with Gasteiger partial charge in [-0.25, -0.2) is 4.79 Å². The summed E-state index contributed by atoms with van der Waals surface area (Å²) in [5.74, 6) is -2.22. The number of amides is 5. The fourth-order valence-electron chi connectivity index (χ4n) is 7.32. The number of ketones is 2. The van der Waals surface area contributed by atoms with Gasteiger partial charge in [-0.3, -0.25) is 24.0 Å². The number of likely N-dealkylation sites (tertiary alicyclic amines) is 1. The summed E-state index contributed by atoms with van der Waals surface area (Å²) in [7, 11) is 1.39. The first-order chi connectivity index (χ1) is 22.2. The predicted octanol–water partition coefficient (Wildman–Crippen LogP) is 4.27. The number of carbonyl (C=O) groups excluding carboxylic acids is 6. The molecule has 0 aromatic heterocycles. The number of nitrogens with one attached hydrogen (secondary N) is 4. The smallest absolute Gasteiger partial charge is 0.316 e. The molecule has 266 valence electrons. The van der Waals surface area contributed by atoms with E-state index in [9.17, 15) is 28.8 Å². The highest BCUT2D eigenvalue weighted by atomic mass is 16.2. The van der Waals surface area contributed by atoms with Gasteiger partial charge in [-0.05, 0) is 61.7 Å². The molecule has 3 fully saturated rings. The number of urea groups is 1. The van der Waals surface area contributed by atoms with Crippen LogP contribution in [0.15, 0.2) is 0 Å². The fraction of sp³-hybridized carbons (Fsp3) is 0.833. The maximum Gasteiger partial charge on any atom is 0.316 e. The second-order valence-electron chi connectivity index (χ2n) is 15.5. The second kappa shape index (κ2) is 17.4. The average molecular weight is 660 g/mol. The molecule has 2 aliphatic carbocycles. The lowest BCUT2D eigenvalue weighted by Crippen LogP contribution is -2.62. The highest BCUT2D eigenvalue weighted by Gasteiger charge is 2.48. The maximum atomic E-state index is 14.4. The van der Waals surface area contributed by atoms with Crippen molar-refractivity contribution in [2.75, 3.05) is 13.6 Å². The zero-order valence-electron chi connectivity index (χ0n) is 29.9. The molecule has 0 aromatic carbocycles. The summed E-state index contributed by atoms with van der Waals surface area (Å²) < 4.78 is 0. The molecule has 11 nitrogen and oxygen atoms in total. The highest BCUT2D eigenvalue weighted by molar-refractivity contribution is 6.38. The quantitative estimate of drug-likeness (QED) is 0.143. The Kier molecular flexibility index (Phi) is 14.3. The molecule has 3 rings (SSSR count). The summed E-state index contributed by atoms with van der Waals surface area (Å²) >= 11 is 0. The fourth-order valence-corrected chi connectivity index (χ4v) is 7.32. The number of hydrogen-bond donors (Lipinski definition) is 4. The van der Waals surface area contributed by atoms with Crippen molar-refractivity contribution in [2.45, 2.75) is 149 Å². The van der Waals surface area contributed by atoms with Crippen LogP contribution in [0.25, 0.3) is 0 Å². The standard InChI is InChI=1S/C36H61N5O6/c1-8-9-10-14-17-26(30(43)33(45)37-7)38-32(44)28-25(22(2)3)20-21-41(28)34(46)31(36(4,5)6)40-35(47)39-27(29(42)24-18-19-24)23-15-12-11-13-16-23/h22-28,31H,8-21H2,1-7H3,(H,37,45)(H,38,44)(H2,39,40,47)/t25-,26?,27+,28+,31-/m1/s1. The van der Waals surface area contributed by atoms with E-state index in [2.05, 4.69) is 28.2 Å². The van der Waals surface area contributed by atoms with E-state index in [4.69, 9.17) is 0 Å². The van der Waals surface area contributed by atoms with Crippen molar-refractivity contribution in [1.29, 1.82) is 0 Å². The highest BCUT2D eigenvalue weighted by Crippen LogP contribution is 2.36. The number of nitrogens with zero attached hydrogens (tertiary/aromatic N) is 1. The minimum absolute atomic E-state index is 0.00450. The molecular weight excluding hydrogens is 598 g/mol. The lowest BCUT2D eigenvalue weighted by Gasteiger charge is -2.37. The molecule has 0 aromatic rings. The normalized spacial score (nSPS) is 22.3. The van der Waals surface area contributed by atoms with Crippen molar-refractivity contribution in [3.63, 3.8) is 0 Å². The van der Waals surface area contributed by atoms with Crippen LogP contribution in [0.3, 0.4) is 0 Å². The van der Waals surface area contributed by atoms with Crippen LogP contribution in [-0.2, 0) is 24.0 Å². The largest absolute Gasteiger partial charge is 0.353 e. The zero-order chi connectivity index (χ0) is 34.9. The van der Waals surface area contributed by atoms with Crippen LogP contribution in [0.1, 0.15) is 125 Å². The molecule has 1 aliphatic heterocycles. The molecule has 3 aliphatic rings. The first kappa shape index (κ1) is 38.5. The Balaban J connectivity index is 1.81. The molecule has 5 amide bonds. The first-order valence-electron chi connectivity index (χ1n) is 18.2. The lowest BCUT2D eigenvalue weighted by atomic mass is 9.81. The van der Waals surface area contributed by atoms with E-state index < -0.39 is 53.2 Å². The average Bonchev–Trinajstić information content (AvgIpc) is 3.79. The van der Waals surface area contributed by atoms with Gasteiger partial charge in [0.1, 0.15) is 12.1 Å². The van der Waals surface area contributed by atoms with Crippen molar-refractivity contribution in [3.05, 3.63) is 0 Å². The molecule has 0 bridgehead atoms. The van der Waals surface area contributed by atoms with E-state index in [0.29, 0.717) is 25.8 Å². The van der Waals surface area contributed by atoms with Gasteiger partial charge in [0.15, 0.2) is 5.78 Å². The van der Waals surface area contributed by atoms with Gasteiger partial charge in [0.25, 0.3) is 5.91 Å². The third-order valence-electron chi connectivity index (χ3n) is 10.4. The van der Waals surface area contributed by atoms with Gasteiger partial charge in [-0.1, -0.05) is 86.5 Å². The minimum atomic E-state index is -0.993. The SMILES string of the molecule is CCCCCCC(NC(=O)[C@@H]1[C@@H](C(C)C)CCN1C(=O)[C@@H](NC(=O)N[C@H](C(=O)C1CC1)C1CCCCC1)C(C)(C)C)C(=O)C(=O)NC. The zero-order valence-corrected chi connectivity index (χ0v) is 29.9. The van der Waals surface area contributed by atoms with E-state index in [1.165, 1.54) is 7.05 Å². The summed E-state index contributed by atoms with van der Waals surface area (Å²) in [5.41, 5.74) is -0.705. The van der Waals surface area contributed by atoms with Crippen LogP contribution in [0, 0.1) is 29.1 Å². The minimum Gasteiger partial charge on any atom is -0.353 e. The molecule has 1 unspecified atom stereocenters. The van der Waals surface area contributed by atoms with E-state index in [1.54, 1.807) is 4.90 Å². The van der Waals surface area contributed by atoms with E-state index >= 15 is 0 Å². The van der Waals surface area contributed by atoms with Crippen molar-refractivity contribution in [3.8, 4) is 0 Å². The van der Waals surface area contributed by atoms with Crippen LogP contribution < -0.4 is 21.3 Å². The number of Topliss-reactive ketones (excluding diaryl/α,β-unsaturated/α-hetero) is 2. The van der Waals surface area contributed by atoms with Gasteiger partial charge in [0.2, 0.25) is 17.6 Å².